The molecule has 5 nitrogen and oxygen atoms in total. The van der Waals surface area contributed by atoms with Gasteiger partial charge in [0.15, 0.2) is 0 Å². The van der Waals surface area contributed by atoms with Crippen LogP contribution < -0.4 is 5.73 Å². The Hall–Kier alpha value is -1.75. The van der Waals surface area contributed by atoms with Crippen molar-refractivity contribution in [3.63, 3.8) is 0 Å². The summed E-state index contributed by atoms with van der Waals surface area (Å²) >= 11 is 0. The van der Waals surface area contributed by atoms with E-state index in [1.807, 2.05) is 12.3 Å². The number of nitrogens with two attached hydrogens (primary N) is 1. The van der Waals surface area contributed by atoms with E-state index >= 15 is 0 Å². The Morgan fingerprint density at radius 2 is 2.35 bits per heavy atom. The van der Waals surface area contributed by atoms with Gasteiger partial charge < -0.3 is 10.3 Å². The molecule has 1 aliphatic rings. The van der Waals surface area contributed by atoms with Crippen molar-refractivity contribution < 1.29 is 4.52 Å². The number of rotatable bonds is 3. The Labute approximate surface area is 118 Å². The monoisotopic (exact) mass is 272 g/mol. The van der Waals surface area contributed by atoms with Gasteiger partial charge in [-0.25, -0.2) is 0 Å². The van der Waals surface area contributed by atoms with Gasteiger partial charge in [0.05, 0.1) is 5.41 Å². The summed E-state index contributed by atoms with van der Waals surface area (Å²) < 4.78 is 5.51. The molecule has 2 aromatic heterocycles. The molecule has 0 saturated heterocycles. The SMILES string of the molecule is CCc1cnccc1-c1noc(C2(C)CCCC2N)n1. The molecule has 0 radical (unpaired) electrons. The Kier molecular flexibility index (Phi) is 3.30. The number of nitrogens with zero attached hydrogens (tertiary/aromatic N) is 3. The minimum absolute atomic E-state index is 0.0962. The lowest BCUT2D eigenvalue weighted by molar-refractivity contribution is 0.278. The molecule has 1 saturated carbocycles. The van der Waals surface area contributed by atoms with Gasteiger partial charge in [-0.05, 0) is 37.8 Å². The smallest absolute Gasteiger partial charge is 0.234 e. The van der Waals surface area contributed by atoms with Crippen LogP contribution in [0.5, 0.6) is 0 Å². The molecule has 3 rings (SSSR count). The lowest BCUT2D eigenvalue weighted by Crippen LogP contribution is -2.38. The molecule has 0 spiro atoms. The van der Waals surface area contributed by atoms with Gasteiger partial charge in [-0.1, -0.05) is 18.5 Å². The van der Waals surface area contributed by atoms with Crippen molar-refractivity contribution in [1.82, 2.24) is 15.1 Å². The van der Waals surface area contributed by atoms with Gasteiger partial charge in [-0.15, -0.1) is 0 Å². The highest BCUT2D eigenvalue weighted by Crippen LogP contribution is 2.39. The first-order chi connectivity index (χ1) is 9.65. The zero-order valence-corrected chi connectivity index (χ0v) is 12.0. The summed E-state index contributed by atoms with van der Waals surface area (Å²) in [6.07, 6.45) is 7.65. The molecule has 0 bridgehead atoms. The molecule has 2 N–H and O–H groups in total. The Balaban J connectivity index is 1.98. The first-order valence-corrected chi connectivity index (χ1v) is 7.18. The highest BCUT2D eigenvalue weighted by Gasteiger charge is 2.42. The van der Waals surface area contributed by atoms with Crippen LogP contribution in [0.4, 0.5) is 0 Å². The van der Waals surface area contributed by atoms with E-state index in [-0.39, 0.29) is 11.5 Å². The average molecular weight is 272 g/mol. The second kappa shape index (κ2) is 4.98. The van der Waals surface area contributed by atoms with Crippen LogP contribution in [0.1, 0.15) is 44.6 Å². The molecule has 2 atom stereocenters. The molecule has 2 unspecified atom stereocenters. The number of aromatic nitrogens is 3. The van der Waals surface area contributed by atoms with Crippen LogP contribution in [0.25, 0.3) is 11.4 Å². The molecule has 1 aliphatic carbocycles. The fraction of sp³-hybridized carbons (Fsp3) is 0.533. The lowest BCUT2D eigenvalue weighted by Gasteiger charge is -2.23. The molecule has 0 aromatic carbocycles. The maximum atomic E-state index is 6.21. The quantitative estimate of drug-likeness (QED) is 0.928. The third-order valence-electron chi connectivity index (χ3n) is 4.47. The normalized spacial score (nSPS) is 26.1. The van der Waals surface area contributed by atoms with Crippen LogP contribution in [0, 0.1) is 0 Å². The van der Waals surface area contributed by atoms with Gasteiger partial charge in [0.25, 0.3) is 0 Å². The Morgan fingerprint density at radius 3 is 3.05 bits per heavy atom. The molecule has 0 aliphatic heterocycles. The van der Waals surface area contributed by atoms with Gasteiger partial charge in [0, 0.05) is 24.0 Å². The van der Waals surface area contributed by atoms with E-state index in [1.165, 1.54) is 0 Å². The van der Waals surface area contributed by atoms with E-state index in [9.17, 15) is 0 Å². The predicted molar refractivity (Wildman–Crippen MR) is 76.1 cm³/mol. The molecule has 5 heteroatoms. The highest BCUT2D eigenvalue weighted by atomic mass is 16.5. The van der Waals surface area contributed by atoms with E-state index in [0.717, 1.165) is 36.8 Å². The molecule has 0 amide bonds. The molecular weight excluding hydrogens is 252 g/mol. The maximum Gasteiger partial charge on any atom is 0.234 e. The first kappa shape index (κ1) is 13.2. The number of pyridine rings is 1. The molecule has 106 valence electrons. The number of hydrogen-bond acceptors (Lipinski definition) is 5. The van der Waals surface area contributed by atoms with E-state index in [4.69, 9.17) is 10.3 Å². The number of hydrogen-bond donors (Lipinski definition) is 1. The van der Waals surface area contributed by atoms with Crippen LogP contribution >= 0.6 is 0 Å². The summed E-state index contributed by atoms with van der Waals surface area (Å²) in [4.78, 5) is 8.75. The van der Waals surface area contributed by atoms with E-state index in [0.29, 0.717) is 11.7 Å². The van der Waals surface area contributed by atoms with Crippen LogP contribution in [0.15, 0.2) is 23.0 Å². The zero-order chi connectivity index (χ0) is 14.2. The van der Waals surface area contributed by atoms with Crippen molar-refractivity contribution in [2.24, 2.45) is 5.73 Å². The summed E-state index contributed by atoms with van der Waals surface area (Å²) in [5.74, 6) is 1.30. The summed E-state index contributed by atoms with van der Waals surface area (Å²) in [5, 5.41) is 4.15. The van der Waals surface area contributed by atoms with Gasteiger partial charge in [0.2, 0.25) is 11.7 Å². The maximum absolute atomic E-state index is 6.21. The molecular formula is C15H20N4O. The summed E-state index contributed by atoms with van der Waals surface area (Å²) in [7, 11) is 0. The fourth-order valence-corrected chi connectivity index (χ4v) is 2.95. The van der Waals surface area contributed by atoms with Gasteiger partial charge >= 0.3 is 0 Å². The third-order valence-corrected chi connectivity index (χ3v) is 4.47. The van der Waals surface area contributed by atoms with Crippen LogP contribution in [0.3, 0.4) is 0 Å². The van der Waals surface area contributed by atoms with Crippen molar-refractivity contribution in [3.8, 4) is 11.4 Å². The van der Waals surface area contributed by atoms with Gasteiger partial charge in [-0.2, -0.15) is 4.98 Å². The van der Waals surface area contributed by atoms with E-state index in [1.54, 1.807) is 6.20 Å². The summed E-state index contributed by atoms with van der Waals surface area (Å²) in [6, 6.07) is 2.03. The number of aryl methyl sites for hydroxylation is 1. The highest BCUT2D eigenvalue weighted by molar-refractivity contribution is 5.58. The van der Waals surface area contributed by atoms with Crippen LogP contribution in [-0.4, -0.2) is 21.2 Å². The minimum Gasteiger partial charge on any atom is -0.338 e. The van der Waals surface area contributed by atoms with E-state index in [2.05, 4.69) is 29.0 Å². The second-order valence-corrected chi connectivity index (χ2v) is 5.73. The van der Waals surface area contributed by atoms with Crippen LogP contribution in [0.2, 0.25) is 0 Å². The molecule has 2 aromatic rings. The van der Waals surface area contributed by atoms with Crippen molar-refractivity contribution in [1.29, 1.82) is 0 Å². The molecule has 1 fully saturated rings. The fourth-order valence-electron chi connectivity index (χ4n) is 2.95. The van der Waals surface area contributed by atoms with Crippen molar-refractivity contribution in [3.05, 3.63) is 29.9 Å². The van der Waals surface area contributed by atoms with Gasteiger partial charge in [0.1, 0.15) is 0 Å². The Bertz CT molecular complexity index is 609. The topological polar surface area (TPSA) is 77.8 Å². The van der Waals surface area contributed by atoms with Crippen molar-refractivity contribution in [2.75, 3.05) is 0 Å². The van der Waals surface area contributed by atoms with Gasteiger partial charge in [-0.3, -0.25) is 4.98 Å². The van der Waals surface area contributed by atoms with Crippen molar-refractivity contribution >= 4 is 0 Å². The third kappa shape index (κ3) is 2.02. The molecule has 20 heavy (non-hydrogen) atoms. The summed E-state index contributed by atoms with van der Waals surface area (Å²) in [6.45, 7) is 4.21. The van der Waals surface area contributed by atoms with Crippen molar-refractivity contribution in [2.45, 2.75) is 51.0 Å². The minimum atomic E-state index is -0.190. The predicted octanol–water partition coefficient (Wildman–Crippen LogP) is 2.46. The standard InChI is InChI=1S/C15H20N4O/c1-3-10-9-17-8-6-11(10)13-18-14(20-19-13)15(2)7-4-5-12(15)16/h6,8-9,12H,3-5,7,16H2,1-2H3. The summed E-state index contributed by atoms with van der Waals surface area (Å²) in [5.41, 5.74) is 8.14. The Morgan fingerprint density at radius 1 is 1.50 bits per heavy atom. The lowest BCUT2D eigenvalue weighted by atomic mass is 9.85. The first-order valence-electron chi connectivity index (χ1n) is 7.18. The second-order valence-electron chi connectivity index (χ2n) is 5.73. The largest absolute Gasteiger partial charge is 0.338 e. The molecule has 2 heterocycles. The zero-order valence-electron chi connectivity index (χ0n) is 12.0. The average Bonchev–Trinajstić information content (AvgIpc) is 3.08. The van der Waals surface area contributed by atoms with Crippen LogP contribution in [-0.2, 0) is 11.8 Å². The van der Waals surface area contributed by atoms with E-state index < -0.39 is 0 Å².